The van der Waals surface area contributed by atoms with Crippen LogP contribution in [0.15, 0.2) is 18.2 Å². The van der Waals surface area contributed by atoms with Gasteiger partial charge >= 0.3 is 0 Å². The van der Waals surface area contributed by atoms with Gasteiger partial charge in [-0.25, -0.2) is 0 Å². The van der Waals surface area contributed by atoms with Gasteiger partial charge in [-0.05, 0) is 73.6 Å². The number of benzene rings is 2. The first-order chi connectivity index (χ1) is 15.4. The minimum Gasteiger partial charge on any atom is -0.505 e. The van der Waals surface area contributed by atoms with Gasteiger partial charge in [-0.3, -0.25) is 0 Å². The first-order valence-electron chi connectivity index (χ1n) is 11.4. The van der Waals surface area contributed by atoms with E-state index in [2.05, 4.69) is 58.3 Å². The summed E-state index contributed by atoms with van der Waals surface area (Å²) in [5, 5.41) is 12.7. The van der Waals surface area contributed by atoms with Crippen LogP contribution in [-0.4, -0.2) is 17.7 Å². The molecule has 0 radical (unpaired) electrons. The Morgan fingerprint density at radius 2 is 1.52 bits per heavy atom. The molecule has 182 valence electrons. The van der Waals surface area contributed by atoms with Gasteiger partial charge in [-0.2, -0.15) is 0 Å². The van der Waals surface area contributed by atoms with Crippen molar-refractivity contribution in [2.24, 2.45) is 5.92 Å². The maximum atomic E-state index is 9.20. The number of nitrogens with one attached hydrogen (secondary N) is 1. The van der Waals surface area contributed by atoms with E-state index in [1.54, 1.807) is 11.1 Å². The van der Waals surface area contributed by atoms with Gasteiger partial charge in [0, 0.05) is 5.54 Å². The molecule has 0 aromatic heterocycles. The highest BCUT2D eigenvalue weighted by atomic mass is 35.5. The number of hydrogen-bond donors (Lipinski definition) is 2. The van der Waals surface area contributed by atoms with Gasteiger partial charge in [0.25, 0.3) is 0 Å². The minimum atomic E-state index is -0.363. The summed E-state index contributed by atoms with van der Waals surface area (Å²) in [5.41, 5.74) is 5.44. The van der Waals surface area contributed by atoms with E-state index >= 15 is 0 Å². The zero-order valence-corrected chi connectivity index (χ0v) is 23.5. The average molecular weight is 552 g/mol. The molecule has 0 bridgehead atoms. The van der Waals surface area contributed by atoms with E-state index < -0.39 is 0 Å². The predicted octanol–water partition coefficient (Wildman–Crippen LogP) is 9.45. The van der Waals surface area contributed by atoms with Crippen LogP contribution < -0.4 is 5.32 Å². The predicted molar refractivity (Wildman–Crippen MR) is 144 cm³/mol. The number of hydrogen-bond acceptors (Lipinski definition) is 2. The summed E-state index contributed by atoms with van der Waals surface area (Å²) in [7, 11) is 2.16. The second-order valence-corrected chi connectivity index (χ2v) is 11.9. The number of fused-ring (bicyclic) bond motifs is 3. The van der Waals surface area contributed by atoms with E-state index in [0.29, 0.717) is 16.9 Å². The molecule has 2 N–H and O–H groups in total. The first kappa shape index (κ1) is 27.2. The Labute approximate surface area is 222 Å². The van der Waals surface area contributed by atoms with E-state index in [-0.39, 0.29) is 30.9 Å². The van der Waals surface area contributed by atoms with E-state index in [4.69, 9.17) is 58.0 Å². The van der Waals surface area contributed by atoms with Crippen molar-refractivity contribution in [1.82, 2.24) is 5.32 Å². The summed E-state index contributed by atoms with van der Waals surface area (Å²) >= 11 is 27.9. The molecule has 3 atom stereocenters. The van der Waals surface area contributed by atoms with Crippen molar-refractivity contribution in [3.8, 4) is 5.75 Å². The molecule has 0 spiro atoms. The lowest BCUT2D eigenvalue weighted by Crippen LogP contribution is -2.58. The fraction of sp³-hybridized carbons (Fsp3) is 0.538. The summed E-state index contributed by atoms with van der Waals surface area (Å²) in [6.45, 7) is 9.57. The molecule has 0 saturated heterocycles. The minimum absolute atomic E-state index is 0.00904. The molecular formula is C26H32Cl5NO. The molecule has 1 saturated carbocycles. The molecule has 0 unspecified atom stereocenters. The molecule has 2 aliphatic rings. The number of phenolic OH excluding ortho intramolecular Hbond substituents is 1. The Kier molecular flexibility index (Phi) is 8.53. The third-order valence-corrected chi connectivity index (χ3v) is 10.1. The van der Waals surface area contributed by atoms with Gasteiger partial charge < -0.3 is 10.4 Å². The SMILES string of the molecule is CN[C@]1(C)CCC[C@]2(C)c3ccc(C(C)C)cc3CC[C@@H]12.Oc1c(Cl)c(Cl)c(Cl)c(Cl)c1Cl. The summed E-state index contributed by atoms with van der Waals surface area (Å²) in [6, 6.07) is 7.33. The second-order valence-electron chi connectivity index (χ2n) is 10.0. The Hall–Kier alpha value is -0.350. The lowest BCUT2D eigenvalue weighted by atomic mass is 9.52. The topological polar surface area (TPSA) is 32.3 Å². The molecule has 1 fully saturated rings. The molecular weight excluding hydrogens is 520 g/mol. The zero-order chi connectivity index (χ0) is 24.7. The van der Waals surface area contributed by atoms with Crippen molar-refractivity contribution in [2.75, 3.05) is 7.05 Å². The van der Waals surface area contributed by atoms with Crippen LogP contribution >= 0.6 is 58.0 Å². The van der Waals surface area contributed by atoms with Crippen LogP contribution in [0.2, 0.25) is 25.1 Å². The average Bonchev–Trinajstić information content (AvgIpc) is 2.80. The number of aromatic hydroxyl groups is 1. The van der Waals surface area contributed by atoms with Crippen LogP contribution in [0.4, 0.5) is 0 Å². The Balaban J connectivity index is 0.000000218. The molecule has 0 aliphatic heterocycles. The fourth-order valence-corrected chi connectivity index (χ4v) is 6.89. The normalized spacial score (nSPS) is 26.3. The van der Waals surface area contributed by atoms with Crippen molar-refractivity contribution in [3.63, 3.8) is 0 Å². The van der Waals surface area contributed by atoms with E-state index in [9.17, 15) is 5.11 Å². The highest BCUT2D eigenvalue weighted by molar-refractivity contribution is 6.55. The van der Waals surface area contributed by atoms with Gasteiger partial charge in [0.2, 0.25) is 0 Å². The van der Waals surface area contributed by atoms with E-state index in [0.717, 1.165) is 5.92 Å². The molecule has 4 rings (SSSR count). The van der Waals surface area contributed by atoms with Crippen molar-refractivity contribution in [1.29, 1.82) is 0 Å². The zero-order valence-electron chi connectivity index (χ0n) is 19.8. The molecule has 0 heterocycles. The Bertz CT molecular complexity index is 935. The molecule has 33 heavy (non-hydrogen) atoms. The smallest absolute Gasteiger partial charge is 0.155 e. The third kappa shape index (κ3) is 4.99. The van der Waals surface area contributed by atoms with Gasteiger partial charge in [-0.1, -0.05) is 103 Å². The maximum absolute atomic E-state index is 9.20. The maximum Gasteiger partial charge on any atom is 0.155 e. The lowest BCUT2D eigenvalue weighted by Gasteiger charge is -2.55. The van der Waals surface area contributed by atoms with E-state index in [1.807, 2.05) is 0 Å². The van der Waals surface area contributed by atoms with Crippen molar-refractivity contribution >= 4 is 58.0 Å². The first-order valence-corrected chi connectivity index (χ1v) is 13.3. The Morgan fingerprint density at radius 1 is 0.939 bits per heavy atom. The number of halogens is 5. The van der Waals surface area contributed by atoms with Gasteiger partial charge in [-0.15, -0.1) is 0 Å². The number of rotatable bonds is 2. The van der Waals surface area contributed by atoms with Gasteiger partial charge in [0.15, 0.2) is 5.75 Å². The Morgan fingerprint density at radius 3 is 2.06 bits per heavy atom. The third-order valence-electron chi connectivity index (χ3n) is 7.80. The highest BCUT2D eigenvalue weighted by Gasteiger charge is 2.51. The summed E-state index contributed by atoms with van der Waals surface area (Å²) < 4.78 is 0. The number of phenols is 1. The quantitative estimate of drug-likeness (QED) is 0.288. The molecule has 2 aliphatic carbocycles. The fourth-order valence-electron chi connectivity index (χ4n) is 5.76. The summed E-state index contributed by atoms with van der Waals surface area (Å²) in [6.07, 6.45) is 6.61. The van der Waals surface area contributed by atoms with Gasteiger partial charge in [0.1, 0.15) is 10.0 Å². The highest BCUT2D eigenvalue weighted by Crippen LogP contribution is 2.53. The molecule has 2 aromatic rings. The number of aryl methyl sites for hydroxylation is 1. The van der Waals surface area contributed by atoms with Crippen molar-refractivity contribution in [2.45, 2.75) is 76.7 Å². The van der Waals surface area contributed by atoms with Crippen LogP contribution in [0, 0.1) is 5.92 Å². The summed E-state index contributed by atoms with van der Waals surface area (Å²) in [4.78, 5) is 0. The van der Waals surface area contributed by atoms with Crippen molar-refractivity contribution < 1.29 is 5.11 Å². The molecule has 0 amide bonds. The van der Waals surface area contributed by atoms with Crippen LogP contribution in [-0.2, 0) is 11.8 Å². The monoisotopic (exact) mass is 549 g/mol. The second kappa shape index (κ2) is 10.3. The molecule has 2 aromatic carbocycles. The summed E-state index contributed by atoms with van der Waals surface area (Å²) in [5.74, 6) is 1.04. The van der Waals surface area contributed by atoms with Crippen LogP contribution in [0.3, 0.4) is 0 Å². The van der Waals surface area contributed by atoms with Crippen LogP contribution in [0.25, 0.3) is 0 Å². The van der Waals surface area contributed by atoms with Crippen LogP contribution in [0.5, 0.6) is 5.75 Å². The lowest BCUT2D eigenvalue weighted by molar-refractivity contribution is 0.0683. The largest absolute Gasteiger partial charge is 0.505 e. The molecule has 7 heteroatoms. The van der Waals surface area contributed by atoms with Crippen molar-refractivity contribution in [3.05, 3.63) is 60.0 Å². The standard InChI is InChI=1S/C20H31N.C6HCl5O/c1-14(2)15-7-9-17-16(13-15)8-10-18-19(17,3)11-6-12-20(18,4)21-5;7-1-2(8)4(10)6(12)5(11)3(1)9/h7,9,13-14,18,21H,6,8,10-12H2,1-5H3;12H/t18-,19-,20-;/m1./s1. The van der Waals surface area contributed by atoms with Crippen LogP contribution in [0.1, 0.15) is 76.0 Å². The molecule has 2 nitrogen and oxygen atoms in total. The van der Waals surface area contributed by atoms with E-state index in [1.165, 1.54) is 37.7 Å². The van der Waals surface area contributed by atoms with Gasteiger partial charge in [0.05, 0.1) is 15.1 Å².